The minimum atomic E-state index is -0.331. The number of carbonyl (C=O) groups is 1. The van der Waals surface area contributed by atoms with Crippen LogP contribution < -0.4 is 5.32 Å². The molecule has 0 spiro atoms. The first-order chi connectivity index (χ1) is 10.2. The summed E-state index contributed by atoms with van der Waals surface area (Å²) in [6.45, 7) is 0. The number of halogens is 1. The summed E-state index contributed by atoms with van der Waals surface area (Å²) in [7, 11) is 0. The van der Waals surface area contributed by atoms with Crippen molar-refractivity contribution in [2.24, 2.45) is 0 Å². The van der Waals surface area contributed by atoms with Gasteiger partial charge in [0.25, 0.3) is 5.91 Å². The van der Waals surface area contributed by atoms with Gasteiger partial charge in [0.1, 0.15) is 6.33 Å². The topological polar surface area (TPSA) is 85.6 Å². The molecule has 0 aliphatic carbocycles. The summed E-state index contributed by atoms with van der Waals surface area (Å²) in [5.74, 6) is -0.331. The second-order valence-electron chi connectivity index (χ2n) is 4.11. The van der Waals surface area contributed by atoms with Gasteiger partial charge in [0.05, 0.1) is 28.2 Å². The molecule has 0 fully saturated rings. The Balaban J connectivity index is 1.91. The number of nitrogens with zero attached hydrogens (tertiary/aromatic N) is 5. The van der Waals surface area contributed by atoms with E-state index in [9.17, 15) is 4.79 Å². The summed E-state index contributed by atoms with van der Waals surface area (Å²) in [6, 6.07) is 8.43. The Morgan fingerprint density at radius 3 is 2.90 bits per heavy atom. The number of rotatable bonds is 3. The molecule has 1 aromatic carbocycles. The Bertz CT molecular complexity index is 760. The smallest absolute Gasteiger partial charge is 0.257 e. The molecule has 0 saturated heterocycles. The zero-order chi connectivity index (χ0) is 14.7. The lowest BCUT2D eigenvalue weighted by Gasteiger charge is -2.08. The Morgan fingerprint density at radius 1 is 1.29 bits per heavy atom. The molecule has 0 atom stereocenters. The van der Waals surface area contributed by atoms with E-state index in [0.29, 0.717) is 22.0 Å². The van der Waals surface area contributed by atoms with Crippen molar-refractivity contribution in [1.82, 2.24) is 25.2 Å². The average Bonchev–Trinajstić information content (AvgIpc) is 3.03. The number of anilines is 1. The van der Waals surface area contributed by atoms with Gasteiger partial charge in [0.15, 0.2) is 0 Å². The average molecular weight is 301 g/mol. The molecular formula is C13H9ClN6O. The number of amides is 1. The molecule has 0 aliphatic rings. The third-order valence-electron chi connectivity index (χ3n) is 2.73. The van der Waals surface area contributed by atoms with Crippen molar-refractivity contribution in [2.45, 2.75) is 0 Å². The molecule has 7 nitrogen and oxygen atoms in total. The Morgan fingerprint density at radius 2 is 2.19 bits per heavy atom. The molecule has 1 N–H and O–H groups in total. The Hall–Kier alpha value is -2.80. The quantitative estimate of drug-likeness (QED) is 0.799. The number of tetrazole rings is 1. The minimum absolute atomic E-state index is 0.327. The number of aromatic nitrogens is 5. The number of nitrogens with one attached hydrogen (secondary N) is 1. The Kier molecular flexibility index (Phi) is 3.57. The lowest BCUT2D eigenvalue weighted by molar-refractivity contribution is 0.102. The minimum Gasteiger partial charge on any atom is -0.321 e. The van der Waals surface area contributed by atoms with Gasteiger partial charge in [0.2, 0.25) is 0 Å². The second kappa shape index (κ2) is 5.68. The normalized spacial score (nSPS) is 10.3. The first-order valence-electron chi connectivity index (χ1n) is 5.98. The van der Waals surface area contributed by atoms with Gasteiger partial charge in [-0.05, 0) is 40.8 Å². The molecule has 2 aromatic heterocycles. The monoisotopic (exact) mass is 300 g/mol. The van der Waals surface area contributed by atoms with E-state index in [1.54, 1.807) is 42.7 Å². The fourth-order valence-electron chi connectivity index (χ4n) is 1.74. The van der Waals surface area contributed by atoms with Gasteiger partial charge >= 0.3 is 0 Å². The van der Waals surface area contributed by atoms with Gasteiger partial charge < -0.3 is 5.32 Å². The van der Waals surface area contributed by atoms with Gasteiger partial charge in [-0.2, -0.15) is 0 Å². The van der Waals surface area contributed by atoms with Crippen LogP contribution in [0.4, 0.5) is 5.69 Å². The highest BCUT2D eigenvalue weighted by Crippen LogP contribution is 2.20. The predicted molar refractivity (Wildman–Crippen MR) is 76.4 cm³/mol. The van der Waals surface area contributed by atoms with Crippen LogP contribution in [0.25, 0.3) is 5.69 Å². The zero-order valence-corrected chi connectivity index (χ0v) is 11.4. The van der Waals surface area contributed by atoms with Crippen molar-refractivity contribution in [2.75, 3.05) is 5.32 Å². The molecule has 0 bridgehead atoms. The van der Waals surface area contributed by atoms with E-state index in [-0.39, 0.29) is 5.91 Å². The molecule has 0 radical (unpaired) electrons. The van der Waals surface area contributed by atoms with Crippen LogP contribution in [0.5, 0.6) is 0 Å². The highest BCUT2D eigenvalue weighted by Gasteiger charge is 2.12. The first kappa shape index (κ1) is 13.2. The van der Waals surface area contributed by atoms with Crippen LogP contribution in [0.3, 0.4) is 0 Å². The van der Waals surface area contributed by atoms with E-state index in [1.807, 2.05) is 0 Å². The molecule has 0 aliphatic heterocycles. The largest absolute Gasteiger partial charge is 0.321 e. The van der Waals surface area contributed by atoms with Crippen LogP contribution in [0.1, 0.15) is 10.4 Å². The second-order valence-corrected chi connectivity index (χ2v) is 4.52. The van der Waals surface area contributed by atoms with Gasteiger partial charge in [-0.25, -0.2) is 4.68 Å². The molecule has 3 rings (SSSR count). The molecular weight excluding hydrogens is 292 g/mol. The maximum atomic E-state index is 12.3. The summed E-state index contributed by atoms with van der Waals surface area (Å²) in [4.78, 5) is 16.2. The molecule has 8 heteroatoms. The summed E-state index contributed by atoms with van der Waals surface area (Å²) >= 11 is 6.08. The Labute approximate surface area is 124 Å². The number of hydrogen-bond donors (Lipinski definition) is 1. The summed E-state index contributed by atoms with van der Waals surface area (Å²) in [5, 5.41) is 13.9. The highest BCUT2D eigenvalue weighted by atomic mass is 35.5. The lowest BCUT2D eigenvalue weighted by atomic mass is 10.2. The third kappa shape index (κ3) is 2.87. The summed E-state index contributed by atoms with van der Waals surface area (Å²) in [6.07, 6.45) is 4.62. The van der Waals surface area contributed by atoms with Gasteiger partial charge in [0, 0.05) is 6.20 Å². The molecule has 1 amide bonds. The maximum absolute atomic E-state index is 12.3. The predicted octanol–water partition coefficient (Wildman–Crippen LogP) is 1.96. The maximum Gasteiger partial charge on any atom is 0.257 e. The van der Waals surface area contributed by atoms with Crippen LogP contribution in [-0.2, 0) is 0 Å². The van der Waals surface area contributed by atoms with Crippen molar-refractivity contribution in [3.05, 3.63) is 59.6 Å². The van der Waals surface area contributed by atoms with Crippen LogP contribution >= 0.6 is 11.6 Å². The fraction of sp³-hybridized carbons (Fsp3) is 0. The van der Waals surface area contributed by atoms with Gasteiger partial charge in [-0.1, -0.05) is 11.6 Å². The fourth-order valence-corrected chi connectivity index (χ4v) is 1.95. The SMILES string of the molecule is O=C(Nc1cccnc1)c1cc(-n2cnnn2)ccc1Cl. The van der Waals surface area contributed by atoms with E-state index in [1.165, 1.54) is 11.0 Å². The highest BCUT2D eigenvalue weighted by molar-refractivity contribution is 6.34. The van der Waals surface area contributed by atoms with E-state index < -0.39 is 0 Å². The van der Waals surface area contributed by atoms with Crippen molar-refractivity contribution >= 4 is 23.2 Å². The molecule has 3 aromatic rings. The van der Waals surface area contributed by atoms with Crippen molar-refractivity contribution in [1.29, 1.82) is 0 Å². The summed E-state index contributed by atoms with van der Waals surface area (Å²) < 4.78 is 1.44. The van der Waals surface area contributed by atoms with Crippen LogP contribution in [0, 0.1) is 0 Å². The number of carbonyl (C=O) groups excluding carboxylic acids is 1. The lowest BCUT2D eigenvalue weighted by Crippen LogP contribution is -2.13. The molecule has 0 saturated carbocycles. The van der Waals surface area contributed by atoms with Crippen molar-refractivity contribution in [3.8, 4) is 5.69 Å². The van der Waals surface area contributed by atoms with Crippen molar-refractivity contribution in [3.63, 3.8) is 0 Å². The van der Waals surface area contributed by atoms with Crippen molar-refractivity contribution < 1.29 is 4.79 Å². The number of pyridine rings is 1. The molecule has 104 valence electrons. The third-order valence-corrected chi connectivity index (χ3v) is 3.06. The number of hydrogen-bond acceptors (Lipinski definition) is 5. The van der Waals surface area contributed by atoms with E-state index >= 15 is 0 Å². The molecule has 21 heavy (non-hydrogen) atoms. The first-order valence-corrected chi connectivity index (χ1v) is 6.36. The van der Waals surface area contributed by atoms with Gasteiger partial charge in [-0.15, -0.1) is 5.10 Å². The van der Waals surface area contributed by atoms with Gasteiger partial charge in [-0.3, -0.25) is 9.78 Å². The van der Waals surface area contributed by atoms with Crippen LogP contribution in [0.2, 0.25) is 5.02 Å². The molecule has 2 heterocycles. The molecule has 0 unspecified atom stereocenters. The number of benzene rings is 1. The standard InChI is InChI=1S/C13H9ClN6O/c14-12-4-3-10(20-8-16-18-19-20)6-11(12)13(21)17-9-2-1-5-15-7-9/h1-8H,(H,17,21). The zero-order valence-electron chi connectivity index (χ0n) is 10.6. The van der Waals surface area contributed by atoms with E-state index in [2.05, 4.69) is 25.8 Å². The summed E-state index contributed by atoms with van der Waals surface area (Å²) in [5.41, 5.74) is 1.56. The van der Waals surface area contributed by atoms with E-state index in [4.69, 9.17) is 11.6 Å². The van der Waals surface area contributed by atoms with Crippen LogP contribution in [0.15, 0.2) is 49.1 Å². The van der Waals surface area contributed by atoms with E-state index in [0.717, 1.165) is 0 Å². The van der Waals surface area contributed by atoms with Crippen LogP contribution in [-0.4, -0.2) is 31.1 Å².